The molecule has 1 spiro atoms. The maximum Gasteiger partial charge on any atom is 0.419 e. The number of piperidine rings is 1. The lowest BCUT2D eigenvalue weighted by Crippen LogP contribution is -2.47. The van der Waals surface area contributed by atoms with Gasteiger partial charge in [0.2, 0.25) is 10.0 Å². The largest absolute Gasteiger partial charge is 0.419 e. The summed E-state index contributed by atoms with van der Waals surface area (Å²) in [6.07, 6.45) is 1.02. The van der Waals surface area contributed by atoms with E-state index in [1.165, 1.54) is 21.0 Å². The lowest BCUT2D eigenvalue weighted by Gasteiger charge is -2.36. The van der Waals surface area contributed by atoms with Crippen molar-refractivity contribution >= 4 is 21.1 Å². The molecule has 2 aliphatic heterocycles. The number of ether oxygens (including phenoxy) is 2. The Balaban J connectivity index is 1.62. The molecule has 0 aliphatic carbocycles. The molecule has 0 amide bonds. The van der Waals surface area contributed by atoms with Crippen LogP contribution in [0.2, 0.25) is 0 Å². The van der Waals surface area contributed by atoms with Gasteiger partial charge in [0.25, 0.3) is 0 Å². The number of hydrogen-bond acceptors (Lipinski definition) is 6. The van der Waals surface area contributed by atoms with E-state index in [-0.39, 0.29) is 10.5 Å². The highest BCUT2D eigenvalue weighted by atomic mass is 32.2. The predicted octanol–water partition coefficient (Wildman–Crippen LogP) is 1.14. The number of oxazole rings is 1. The summed E-state index contributed by atoms with van der Waals surface area (Å²) in [5.41, 5.74) is 0.876. The quantitative estimate of drug-likeness (QED) is 0.807. The zero-order valence-corrected chi connectivity index (χ0v) is 14.8. The van der Waals surface area contributed by atoms with Gasteiger partial charge >= 0.3 is 5.76 Å². The van der Waals surface area contributed by atoms with Crippen LogP contribution in [0.5, 0.6) is 0 Å². The monoisotopic (exact) mass is 368 g/mol. The molecule has 0 saturated carbocycles. The molecule has 2 aliphatic rings. The Labute approximate surface area is 145 Å². The van der Waals surface area contributed by atoms with Crippen molar-refractivity contribution in [1.82, 2.24) is 8.87 Å². The van der Waals surface area contributed by atoms with Crippen molar-refractivity contribution < 1.29 is 22.3 Å². The predicted molar refractivity (Wildman–Crippen MR) is 88.8 cm³/mol. The van der Waals surface area contributed by atoms with Crippen molar-refractivity contribution in [2.24, 2.45) is 0 Å². The molecule has 1 aromatic carbocycles. The molecule has 25 heavy (non-hydrogen) atoms. The highest BCUT2D eigenvalue weighted by Crippen LogP contribution is 2.33. The van der Waals surface area contributed by atoms with Crippen LogP contribution in [0.25, 0.3) is 11.1 Å². The first-order valence-corrected chi connectivity index (χ1v) is 9.81. The van der Waals surface area contributed by atoms with Gasteiger partial charge in [-0.05, 0) is 19.1 Å². The van der Waals surface area contributed by atoms with Crippen LogP contribution >= 0.6 is 0 Å². The zero-order chi connectivity index (χ0) is 17.7. The van der Waals surface area contributed by atoms with E-state index in [1.807, 2.05) is 6.92 Å². The first-order chi connectivity index (χ1) is 12.0. The summed E-state index contributed by atoms with van der Waals surface area (Å²) in [6.45, 7) is 4.07. The van der Waals surface area contributed by atoms with Gasteiger partial charge in [0.1, 0.15) is 0 Å². The van der Waals surface area contributed by atoms with Gasteiger partial charge in [-0.25, -0.2) is 13.2 Å². The maximum absolute atomic E-state index is 12.9. The third-order valence-electron chi connectivity index (χ3n) is 4.89. The van der Waals surface area contributed by atoms with E-state index < -0.39 is 21.6 Å². The van der Waals surface area contributed by atoms with E-state index in [1.54, 1.807) is 6.07 Å². The minimum atomic E-state index is -3.66. The summed E-state index contributed by atoms with van der Waals surface area (Å²) in [5.74, 6) is -1.11. The third kappa shape index (κ3) is 2.71. The van der Waals surface area contributed by atoms with E-state index in [9.17, 15) is 13.2 Å². The van der Waals surface area contributed by atoms with E-state index in [0.29, 0.717) is 51.2 Å². The fourth-order valence-corrected chi connectivity index (χ4v) is 4.97. The first kappa shape index (κ1) is 16.8. The Hall–Kier alpha value is -1.68. The molecule has 2 fully saturated rings. The summed E-state index contributed by atoms with van der Waals surface area (Å²) < 4.78 is 45.2. The number of sulfonamides is 1. The summed E-state index contributed by atoms with van der Waals surface area (Å²) in [4.78, 5) is 11.9. The molecular weight excluding hydrogens is 348 g/mol. The molecule has 3 heterocycles. The van der Waals surface area contributed by atoms with Crippen LogP contribution in [0.3, 0.4) is 0 Å². The second-order valence-corrected chi connectivity index (χ2v) is 8.19. The molecular formula is C16H20N2O6S. The Morgan fingerprint density at radius 1 is 1.16 bits per heavy atom. The lowest BCUT2D eigenvalue weighted by molar-refractivity contribution is -0.179. The summed E-state index contributed by atoms with van der Waals surface area (Å²) in [7, 11) is -3.66. The van der Waals surface area contributed by atoms with Gasteiger partial charge in [-0.3, -0.25) is 4.57 Å². The fraction of sp³-hybridized carbons (Fsp3) is 0.562. The second-order valence-electron chi connectivity index (χ2n) is 6.25. The van der Waals surface area contributed by atoms with Gasteiger partial charge < -0.3 is 13.9 Å². The molecule has 0 bridgehead atoms. The van der Waals surface area contributed by atoms with Crippen LogP contribution in [-0.4, -0.2) is 49.4 Å². The van der Waals surface area contributed by atoms with Crippen LogP contribution in [0.1, 0.15) is 19.8 Å². The molecule has 4 rings (SSSR count). The highest BCUT2D eigenvalue weighted by Gasteiger charge is 2.42. The van der Waals surface area contributed by atoms with Gasteiger partial charge in [0.05, 0.1) is 23.6 Å². The average molecular weight is 368 g/mol. The van der Waals surface area contributed by atoms with Crippen LogP contribution < -0.4 is 5.76 Å². The van der Waals surface area contributed by atoms with Crippen molar-refractivity contribution in [1.29, 1.82) is 0 Å². The molecule has 8 nitrogen and oxygen atoms in total. The number of aryl methyl sites for hydroxylation is 1. The molecule has 0 atom stereocenters. The number of nitrogens with zero attached hydrogens (tertiary/aromatic N) is 2. The van der Waals surface area contributed by atoms with E-state index >= 15 is 0 Å². The van der Waals surface area contributed by atoms with Crippen LogP contribution in [-0.2, 0) is 26.0 Å². The third-order valence-corrected chi connectivity index (χ3v) is 6.79. The van der Waals surface area contributed by atoms with Crippen LogP contribution in [0, 0.1) is 0 Å². The standard InChI is InChI=1S/C16H20N2O6S/c1-2-18-13-4-3-12(11-14(13)24-15(18)19)25(20,21)17-7-5-16(6-8-17)22-9-10-23-16/h3-4,11H,2,5-10H2,1H3. The Kier molecular flexibility index (Phi) is 3.99. The smallest absolute Gasteiger partial charge is 0.408 e. The van der Waals surface area contributed by atoms with Crippen molar-refractivity contribution in [2.45, 2.75) is 37.0 Å². The molecule has 9 heteroatoms. The normalized spacial score (nSPS) is 21.3. The van der Waals surface area contributed by atoms with Crippen molar-refractivity contribution in [3.05, 3.63) is 28.7 Å². The van der Waals surface area contributed by atoms with Gasteiger partial charge in [0.15, 0.2) is 11.4 Å². The summed E-state index contributed by atoms with van der Waals surface area (Å²) in [5, 5.41) is 0. The SMILES string of the molecule is CCn1c(=O)oc2cc(S(=O)(=O)N3CCC4(CC3)OCCO4)ccc21. The number of benzene rings is 1. The van der Waals surface area contributed by atoms with E-state index in [0.717, 1.165) is 0 Å². The number of fused-ring (bicyclic) bond motifs is 1. The lowest BCUT2D eigenvalue weighted by atomic mass is 10.1. The van der Waals surface area contributed by atoms with Gasteiger partial charge in [-0.15, -0.1) is 0 Å². The Bertz CT molecular complexity index is 945. The number of rotatable bonds is 3. The molecule has 0 N–H and O–H groups in total. The number of aromatic nitrogens is 1. The minimum absolute atomic E-state index is 0.126. The molecule has 0 radical (unpaired) electrons. The molecule has 2 aromatic rings. The van der Waals surface area contributed by atoms with Gasteiger partial charge in [-0.1, -0.05) is 0 Å². The Morgan fingerprint density at radius 2 is 1.84 bits per heavy atom. The van der Waals surface area contributed by atoms with Crippen molar-refractivity contribution in [2.75, 3.05) is 26.3 Å². The zero-order valence-electron chi connectivity index (χ0n) is 13.9. The molecule has 136 valence electrons. The molecule has 2 saturated heterocycles. The topological polar surface area (TPSA) is 91.0 Å². The van der Waals surface area contributed by atoms with Crippen LogP contribution in [0.15, 0.2) is 32.3 Å². The van der Waals surface area contributed by atoms with Gasteiger partial charge in [0, 0.05) is 38.5 Å². The van der Waals surface area contributed by atoms with Gasteiger partial charge in [-0.2, -0.15) is 4.31 Å². The van der Waals surface area contributed by atoms with Crippen LogP contribution in [0.4, 0.5) is 0 Å². The highest BCUT2D eigenvalue weighted by molar-refractivity contribution is 7.89. The average Bonchev–Trinajstić information content (AvgIpc) is 3.18. The van der Waals surface area contributed by atoms with E-state index in [4.69, 9.17) is 13.9 Å². The van der Waals surface area contributed by atoms with Crippen molar-refractivity contribution in [3.8, 4) is 0 Å². The maximum atomic E-state index is 12.9. The second kappa shape index (κ2) is 5.94. The number of hydrogen-bond donors (Lipinski definition) is 0. The summed E-state index contributed by atoms with van der Waals surface area (Å²) in [6, 6.07) is 4.56. The first-order valence-electron chi connectivity index (χ1n) is 8.37. The molecule has 0 unspecified atom stereocenters. The fourth-order valence-electron chi connectivity index (χ4n) is 3.51. The minimum Gasteiger partial charge on any atom is -0.408 e. The van der Waals surface area contributed by atoms with E-state index in [2.05, 4.69) is 0 Å². The Morgan fingerprint density at radius 3 is 2.48 bits per heavy atom. The molecule has 1 aromatic heterocycles. The summed E-state index contributed by atoms with van der Waals surface area (Å²) >= 11 is 0. The van der Waals surface area contributed by atoms with Crippen molar-refractivity contribution in [3.63, 3.8) is 0 Å².